The zero-order chi connectivity index (χ0) is 14.9. The zero-order valence-electron chi connectivity index (χ0n) is 11.6. The van der Waals surface area contributed by atoms with Crippen molar-refractivity contribution in [1.82, 2.24) is 4.98 Å². The topological polar surface area (TPSA) is 62.7 Å². The highest BCUT2D eigenvalue weighted by Crippen LogP contribution is 2.18. The number of ether oxygens (including phenoxy) is 1. The molecule has 1 aromatic heterocycles. The Morgan fingerprint density at radius 2 is 2.10 bits per heavy atom. The quantitative estimate of drug-likeness (QED) is 0.722. The van der Waals surface area contributed by atoms with Gasteiger partial charge in [0, 0.05) is 24.7 Å². The van der Waals surface area contributed by atoms with Crippen molar-refractivity contribution in [3.8, 4) is 5.75 Å². The van der Waals surface area contributed by atoms with Crippen LogP contribution >= 0.6 is 11.3 Å². The molecule has 0 unspecified atom stereocenters. The molecule has 0 spiro atoms. The van der Waals surface area contributed by atoms with E-state index in [4.69, 9.17) is 9.84 Å². The highest BCUT2D eigenvalue weighted by atomic mass is 32.1. The van der Waals surface area contributed by atoms with Crippen molar-refractivity contribution in [2.45, 2.75) is 12.8 Å². The highest BCUT2D eigenvalue weighted by Gasteiger charge is 2.10. The average Bonchev–Trinajstić information content (AvgIpc) is 3.01. The van der Waals surface area contributed by atoms with Gasteiger partial charge in [0.1, 0.15) is 5.75 Å². The molecule has 0 atom stereocenters. The van der Waals surface area contributed by atoms with E-state index in [0.29, 0.717) is 13.2 Å². The minimum atomic E-state index is -0.794. The number of carboxylic acids is 1. The van der Waals surface area contributed by atoms with Crippen LogP contribution in [0, 0.1) is 0 Å². The van der Waals surface area contributed by atoms with Crippen LogP contribution < -0.4 is 9.64 Å². The lowest BCUT2D eigenvalue weighted by Crippen LogP contribution is -2.28. The van der Waals surface area contributed by atoms with Crippen molar-refractivity contribution in [1.29, 1.82) is 0 Å². The number of carbonyl (C=O) groups is 1. The standard InChI is InChI=1S/C15H18N2O3S/c18-14(19)7-10-17(15-16-8-12-21-15)9-4-11-20-13-5-2-1-3-6-13/h1-3,5-6,8,12H,4,7,9-11H2,(H,18,19). The van der Waals surface area contributed by atoms with E-state index < -0.39 is 5.97 Å². The minimum absolute atomic E-state index is 0.110. The predicted molar refractivity (Wildman–Crippen MR) is 83.1 cm³/mol. The Kier molecular flexibility index (Phi) is 6.02. The zero-order valence-corrected chi connectivity index (χ0v) is 12.5. The lowest BCUT2D eigenvalue weighted by molar-refractivity contribution is -0.136. The molecule has 0 bridgehead atoms. The van der Waals surface area contributed by atoms with Crippen LogP contribution in [0.5, 0.6) is 5.75 Å². The molecule has 0 saturated heterocycles. The van der Waals surface area contributed by atoms with E-state index in [1.54, 1.807) is 6.20 Å². The molecule has 2 aromatic rings. The van der Waals surface area contributed by atoms with Crippen LogP contribution in [0.25, 0.3) is 0 Å². The lowest BCUT2D eigenvalue weighted by Gasteiger charge is -2.20. The van der Waals surface area contributed by atoms with Gasteiger partial charge in [-0.1, -0.05) is 18.2 Å². The number of thiazole rings is 1. The van der Waals surface area contributed by atoms with Crippen molar-refractivity contribution in [2.24, 2.45) is 0 Å². The first-order valence-corrected chi connectivity index (χ1v) is 7.68. The number of hydrogen-bond acceptors (Lipinski definition) is 5. The van der Waals surface area contributed by atoms with E-state index >= 15 is 0 Å². The molecule has 1 heterocycles. The number of para-hydroxylation sites is 1. The van der Waals surface area contributed by atoms with Crippen molar-refractivity contribution in [2.75, 3.05) is 24.6 Å². The van der Waals surface area contributed by atoms with Gasteiger partial charge in [-0.3, -0.25) is 4.79 Å². The summed E-state index contributed by atoms with van der Waals surface area (Å²) in [6.45, 7) is 1.79. The van der Waals surface area contributed by atoms with Crippen LogP contribution in [0.1, 0.15) is 12.8 Å². The Bertz CT molecular complexity index is 531. The van der Waals surface area contributed by atoms with Gasteiger partial charge in [-0.05, 0) is 18.6 Å². The van der Waals surface area contributed by atoms with Gasteiger partial charge in [0.2, 0.25) is 0 Å². The molecule has 6 heteroatoms. The molecule has 0 fully saturated rings. The molecule has 1 N–H and O–H groups in total. The molecule has 0 radical (unpaired) electrons. The van der Waals surface area contributed by atoms with Crippen molar-refractivity contribution in [3.05, 3.63) is 41.9 Å². The number of benzene rings is 1. The summed E-state index contributed by atoms with van der Waals surface area (Å²) in [4.78, 5) is 17.0. The maximum absolute atomic E-state index is 10.7. The second-order valence-corrected chi connectivity index (χ2v) is 5.33. The third kappa shape index (κ3) is 5.43. The highest BCUT2D eigenvalue weighted by molar-refractivity contribution is 7.13. The van der Waals surface area contributed by atoms with E-state index in [9.17, 15) is 4.79 Å². The molecular weight excluding hydrogens is 288 g/mol. The van der Waals surface area contributed by atoms with Gasteiger partial charge in [0.25, 0.3) is 0 Å². The van der Waals surface area contributed by atoms with E-state index in [1.807, 2.05) is 40.6 Å². The molecule has 2 rings (SSSR count). The number of anilines is 1. The van der Waals surface area contributed by atoms with Gasteiger partial charge >= 0.3 is 5.97 Å². The third-order valence-corrected chi connectivity index (χ3v) is 3.70. The van der Waals surface area contributed by atoms with E-state index in [2.05, 4.69) is 4.98 Å². The Morgan fingerprint density at radius 3 is 2.76 bits per heavy atom. The predicted octanol–water partition coefficient (Wildman–Crippen LogP) is 2.89. The summed E-state index contributed by atoms with van der Waals surface area (Å²) in [6.07, 6.45) is 2.65. The molecule has 21 heavy (non-hydrogen) atoms. The Labute approximate surface area is 127 Å². The summed E-state index contributed by atoms with van der Waals surface area (Å²) in [7, 11) is 0. The summed E-state index contributed by atoms with van der Waals surface area (Å²) in [6, 6.07) is 9.66. The largest absolute Gasteiger partial charge is 0.494 e. The fraction of sp³-hybridized carbons (Fsp3) is 0.333. The number of carboxylic acid groups (broad SMARTS) is 1. The van der Waals surface area contributed by atoms with Gasteiger partial charge in [-0.2, -0.15) is 0 Å². The molecule has 1 aromatic carbocycles. The third-order valence-electron chi connectivity index (χ3n) is 2.87. The summed E-state index contributed by atoms with van der Waals surface area (Å²) in [5.41, 5.74) is 0. The normalized spacial score (nSPS) is 10.3. The number of rotatable bonds is 9. The van der Waals surface area contributed by atoms with Gasteiger partial charge in [0.15, 0.2) is 5.13 Å². The summed E-state index contributed by atoms with van der Waals surface area (Å²) >= 11 is 1.52. The van der Waals surface area contributed by atoms with Crippen LogP contribution in [0.2, 0.25) is 0 Å². The lowest BCUT2D eigenvalue weighted by atomic mass is 10.3. The second kappa shape index (κ2) is 8.26. The van der Waals surface area contributed by atoms with Gasteiger partial charge in [-0.25, -0.2) is 4.98 Å². The number of aliphatic carboxylic acids is 1. The monoisotopic (exact) mass is 306 g/mol. The minimum Gasteiger partial charge on any atom is -0.494 e. The van der Waals surface area contributed by atoms with E-state index in [-0.39, 0.29) is 6.42 Å². The molecule has 0 aliphatic carbocycles. The van der Waals surface area contributed by atoms with Gasteiger partial charge in [-0.15, -0.1) is 11.3 Å². The van der Waals surface area contributed by atoms with Crippen molar-refractivity contribution < 1.29 is 14.6 Å². The summed E-state index contributed by atoms with van der Waals surface area (Å²) in [5.74, 6) is 0.0564. The fourth-order valence-electron chi connectivity index (χ4n) is 1.87. The molecule has 112 valence electrons. The average molecular weight is 306 g/mol. The van der Waals surface area contributed by atoms with Gasteiger partial charge in [0.05, 0.1) is 13.0 Å². The smallest absolute Gasteiger partial charge is 0.305 e. The number of nitrogens with zero attached hydrogens (tertiary/aromatic N) is 2. The molecule has 5 nitrogen and oxygen atoms in total. The van der Waals surface area contributed by atoms with Crippen LogP contribution in [0.3, 0.4) is 0 Å². The van der Waals surface area contributed by atoms with E-state index in [1.165, 1.54) is 11.3 Å². The molecule has 0 amide bonds. The van der Waals surface area contributed by atoms with Gasteiger partial charge < -0.3 is 14.7 Å². The molecular formula is C15H18N2O3S. The molecule has 0 aliphatic rings. The first kappa shape index (κ1) is 15.3. The maximum atomic E-state index is 10.7. The first-order chi connectivity index (χ1) is 10.3. The second-order valence-electron chi connectivity index (χ2n) is 4.46. The van der Waals surface area contributed by atoms with Crippen molar-refractivity contribution >= 4 is 22.4 Å². The summed E-state index contributed by atoms with van der Waals surface area (Å²) < 4.78 is 5.64. The molecule has 0 saturated carbocycles. The number of hydrogen-bond donors (Lipinski definition) is 1. The van der Waals surface area contributed by atoms with E-state index in [0.717, 1.165) is 23.8 Å². The summed E-state index contributed by atoms with van der Waals surface area (Å²) in [5, 5.41) is 11.6. The fourth-order valence-corrected chi connectivity index (χ4v) is 2.56. The first-order valence-electron chi connectivity index (χ1n) is 6.80. The molecule has 0 aliphatic heterocycles. The van der Waals surface area contributed by atoms with Crippen LogP contribution in [0.4, 0.5) is 5.13 Å². The maximum Gasteiger partial charge on any atom is 0.305 e. The van der Waals surface area contributed by atoms with Crippen LogP contribution in [-0.2, 0) is 4.79 Å². The van der Waals surface area contributed by atoms with Crippen LogP contribution in [-0.4, -0.2) is 35.8 Å². The Balaban J connectivity index is 1.77. The SMILES string of the molecule is O=C(O)CCN(CCCOc1ccccc1)c1nccs1. The Hall–Kier alpha value is -2.08. The van der Waals surface area contributed by atoms with Crippen LogP contribution in [0.15, 0.2) is 41.9 Å². The Morgan fingerprint density at radius 1 is 1.29 bits per heavy atom. The van der Waals surface area contributed by atoms with Crippen molar-refractivity contribution in [3.63, 3.8) is 0 Å². The number of aromatic nitrogens is 1.